The van der Waals surface area contributed by atoms with Crippen LogP contribution in [0.3, 0.4) is 0 Å². The third kappa shape index (κ3) is 3.98. The third-order valence-electron chi connectivity index (χ3n) is 3.37. The molecule has 1 fully saturated rings. The summed E-state index contributed by atoms with van der Waals surface area (Å²) in [6.07, 6.45) is 0.272. The van der Waals surface area contributed by atoms with Crippen LogP contribution in [-0.4, -0.2) is 41.3 Å². The highest BCUT2D eigenvalue weighted by atomic mass is 19.1. The lowest BCUT2D eigenvalue weighted by atomic mass is 9.97. The van der Waals surface area contributed by atoms with E-state index >= 15 is 0 Å². The summed E-state index contributed by atoms with van der Waals surface area (Å²) in [6.45, 7) is 5.49. The molecule has 1 heterocycles. The second-order valence-electron chi connectivity index (χ2n) is 6.51. The minimum atomic E-state index is -1.29. The minimum absolute atomic E-state index is 0.00451. The summed E-state index contributed by atoms with van der Waals surface area (Å²) < 4.78 is 24.0. The van der Waals surface area contributed by atoms with Gasteiger partial charge in [0.05, 0.1) is 6.61 Å². The Morgan fingerprint density at radius 1 is 1.39 bits per heavy atom. The lowest BCUT2D eigenvalue weighted by molar-refractivity contribution is -0.162. The van der Waals surface area contributed by atoms with Crippen molar-refractivity contribution in [2.75, 3.05) is 13.2 Å². The maximum Gasteiger partial charge on any atom is 0.334 e. The zero-order chi connectivity index (χ0) is 17.3. The zero-order valence-corrected chi connectivity index (χ0v) is 13.3. The highest BCUT2D eigenvalue weighted by molar-refractivity contribution is 5.98. The summed E-state index contributed by atoms with van der Waals surface area (Å²) >= 11 is 0. The van der Waals surface area contributed by atoms with Crippen LogP contribution in [0.2, 0.25) is 0 Å². The molecule has 0 saturated carbocycles. The number of carbonyl (C=O) groups excluding carboxylic acids is 2. The number of benzene rings is 1. The Morgan fingerprint density at radius 2 is 2.09 bits per heavy atom. The molecule has 1 atom stereocenters. The molecule has 0 bridgehead atoms. The summed E-state index contributed by atoms with van der Waals surface area (Å²) in [7, 11) is 0. The second kappa shape index (κ2) is 6.16. The number of nitrogens with one attached hydrogen (secondary N) is 1. The first-order chi connectivity index (χ1) is 10.6. The van der Waals surface area contributed by atoms with E-state index in [9.17, 15) is 19.1 Å². The zero-order valence-electron chi connectivity index (χ0n) is 13.3. The van der Waals surface area contributed by atoms with Crippen LogP contribution in [0.5, 0.6) is 5.75 Å². The summed E-state index contributed by atoms with van der Waals surface area (Å²) in [5.74, 6) is -2.69. The third-order valence-corrected chi connectivity index (χ3v) is 3.37. The van der Waals surface area contributed by atoms with Crippen molar-refractivity contribution in [1.82, 2.24) is 5.32 Å². The molecule has 0 spiro atoms. The molecule has 1 saturated heterocycles. The number of amides is 1. The van der Waals surface area contributed by atoms with Gasteiger partial charge in [0.1, 0.15) is 5.60 Å². The van der Waals surface area contributed by atoms with Crippen LogP contribution in [0, 0.1) is 5.82 Å². The van der Waals surface area contributed by atoms with E-state index in [4.69, 9.17) is 9.47 Å². The molecule has 0 aromatic heterocycles. The van der Waals surface area contributed by atoms with Crippen LogP contribution >= 0.6 is 0 Å². The Balaban J connectivity index is 2.20. The number of rotatable bonds is 3. The van der Waals surface area contributed by atoms with Crippen molar-refractivity contribution >= 4 is 11.9 Å². The van der Waals surface area contributed by atoms with Crippen LogP contribution in [0.15, 0.2) is 18.2 Å². The largest absolute Gasteiger partial charge is 0.505 e. The number of aromatic hydroxyl groups is 1. The maximum absolute atomic E-state index is 13.4. The average molecular weight is 325 g/mol. The van der Waals surface area contributed by atoms with E-state index in [2.05, 4.69) is 5.32 Å². The Labute approximate surface area is 133 Å². The van der Waals surface area contributed by atoms with Crippen LogP contribution < -0.4 is 5.32 Å². The molecule has 1 aliphatic rings. The molecule has 126 valence electrons. The van der Waals surface area contributed by atoms with E-state index in [-0.39, 0.29) is 18.6 Å². The molecule has 7 heteroatoms. The first-order valence-electron chi connectivity index (χ1n) is 7.25. The number of hydrogen-bond acceptors (Lipinski definition) is 5. The standard InChI is InChI=1S/C16H20FNO5/c1-15(2,3)23-14(21)16(6-7-22-9-16)18-13(20)10-4-5-12(19)11(17)8-10/h4-5,8,19H,6-7,9H2,1-3H3,(H,18,20). The van der Waals surface area contributed by atoms with Gasteiger partial charge < -0.3 is 19.9 Å². The lowest BCUT2D eigenvalue weighted by Gasteiger charge is -2.30. The Hall–Kier alpha value is -2.15. The molecule has 1 aromatic rings. The summed E-state index contributed by atoms with van der Waals surface area (Å²) in [5.41, 5.74) is -2.00. The van der Waals surface area contributed by atoms with Crippen molar-refractivity contribution in [3.8, 4) is 5.75 Å². The Bertz CT molecular complexity index is 617. The molecule has 0 radical (unpaired) electrons. The molecule has 1 aromatic carbocycles. The Kier molecular flexibility index (Phi) is 4.61. The van der Waals surface area contributed by atoms with Gasteiger partial charge >= 0.3 is 5.97 Å². The smallest absolute Gasteiger partial charge is 0.334 e. The molecule has 23 heavy (non-hydrogen) atoms. The van der Waals surface area contributed by atoms with Gasteiger partial charge in [-0.05, 0) is 39.0 Å². The van der Waals surface area contributed by atoms with Gasteiger partial charge in [0, 0.05) is 18.6 Å². The molecule has 2 rings (SSSR count). The molecule has 6 nitrogen and oxygen atoms in total. The van der Waals surface area contributed by atoms with Crippen molar-refractivity contribution in [3.63, 3.8) is 0 Å². The quantitative estimate of drug-likeness (QED) is 0.827. The highest BCUT2D eigenvalue weighted by Gasteiger charge is 2.46. The van der Waals surface area contributed by atoms with E-state index in [0.29, 0.717) is 6.61 Å². The fraction of sp³-hybridized carbons (Fsp3) is 0.500. The topological polar surface area (TPSA) is 84.9 Å². The van der Waals surface area contributed by atoms with Gasteiger partial charge in [-0.2, -0.15) is 0 Å². The number of ether oxygens (including phenoxy) is 2. The van der Waals surface area contributed by atoms with E-state index in [1.807, 2.05) is 0 Å². The molecule has 1 aliphatic heterocycles. The van der Waals surface area contributed by atoms with Crippen molar-refractivity contribution in [2.24, 2.45) is 0 Å². The van der Waals surface area contributed by atoms with E-state index < -0.39 is 34.6 Å². The maximum atomic E-state index is 13.4. The van der Waals surface area contributed by atoms with Crippen LogP contribution in [0.4, 0.5) is 4.39 Å². The number of esters is 1. The van der Waals surface area contributed by atoms with Crippen LogP contribution in [0.25, 0.3) is 0 Å². The van der Waals surface area contributed by atoms with Crippen molar-refractivity contribution in [2.45, 2.75) is 38.3 Å². The summed E-state index contributed by atoms with van der Waals surface area (Å²) in [5, 5.41) is 11.8. The van der Waals surface area contributed by atoms with Gasteiger partial charge in [0.15, 0.2) is 17.1 Å². The second-order valence-corrected chi connectivity index (χ2v) is 6.51. The van der Waals surface area contributed by atoms with Crippen LogP contribution in [-0.2, 0) is 14.3 Å². The van der Waals surface area contributed by atoms with Crippen LogP contribution in [0.1, 0.15) is 37.6 Å². The van der Waals surface area contributed by atoms with E-state index in [1.54, 1.807) is 20.8 Å². The van der Waals surface area contributed by atoms with Gasteiger partial charge in [0.2, 0.25) is 0 Å². The minimum Gasteiger partial charge on any atom is -0.505 e. The van der Waals surface area contributed by atoms with Gasteiger partial charge in [-0.1, -0.05) is 0 Å². The van der Waals surface area contributed by atoms with Crippen molar-refractivity contribution in [1.29, 1.82) is 0 Å². The normalized spacial score (nSPS) is 21.0. The van der Waals surface area contributed by atoms with Gasteiger partial charge in [-0.25, -0.2) is 9.18 Å². The van der Waals surface area contributed by atoms with E-state index in [1.165, 1.54) is 6.07 Å². The summed E-state index contributed by atoms with van der Waals surface area (Å²) in [4.78, 5) is 24.8. The van der Waals surface area contributed by atoms with E-state index in [0.717, 1.165) is 12.1 Å². The lowest BCUT2D eigenvalue weighted by Crippen LogP contribution is -2.57. The number of hydrogen-bond donors (Lipinski definition) is 2. The fourth-order valence-electron chi connectivity index (χ4n) is 2.19. The first-order valence-corrected chi connectivity index (χ1v) is 7.25. The van der Waals surface area contributed by atoms with Gasteiger partial charge in [-0.15, -0.1) is 0 Å². The molecular formula is C16H20FNO5. The number of phenolic OH excluding ortho intramolecular Hbond substituents is 1. The van der Waals surface area contributed by atoms with Gasteiger partial charge in [0.25, 0.3) is 5.91 Å². The highest BCUT2D eigenvalue weighted by Crippen LogP contribution is 2.24. The van der Waals surface area contributed by atoms with Crippen molar-refractivity contribution < 1.29 is 28.6 Å². The molecular weight excluding hydrogens is 305 g/mol. The predicted molar refractivity (Wildman–Crippen MR) is 79.5 cm³/mol. The van der Waals surface area contributed by atoms with Gasteiger partial charge in [-0.3, -0.25) is 4.79 Å². The fourth-order valence-corrected chi connectivity index (χ4v) is 2.19. The molecule has 1 unspecified atom stereocenters. The monoisotopic (exact) mass is 325 g/mol. The Morgan fingerprint density at radius 3 is 2.61 bits per heavy atom. The number of carbonyl (C=O) groups is 2. The number of halogens is 1. The number of phenols is 1. The first kappa shape index (κ1) is 17.2. The predicted octanol–water partition coefficient (Wildman–Crippen LogP) is 1.76. The summed E-state index contributed by atoms with van der Waals surface area (Å²) in [6, 6.07) is 3.26. The molecule has 0 aliphatic carbocycles. The molecule has 1 amide bonds. The average Bonchev–Trinajstić information content (AvgIpc) is 2.89. The van der Waals surface area contributed by atoms with Crippen molar-refractivity contribution in [3.05, 3.63) is 29.6 Å². The molecule has 2 N–H and O–H groups in total. The SMILES string of the molecule is CC(C)(C)OC(=O)C1(NC(=O)c2ccc(O)c(F)c2)CCOC1.